The Kier molecular flexibility index (Phi) is 12.2. The summed E-state index contributed by atoms with van der Waals surface area (Å²) in [5.74, 6) is -11.1. The number of rotatable bonds is 15. The van der Waals surface area contributed by atoms with E-state index in [9.17, 15) is 22.0 Å². The van der Waals surface area contributed by atoms with Gasteiger partial charge in [0.1, 0.15) is 0 Å². The zero-order valence-electron chi connectivity index (χ0n) is 20.7. The molecular weight excluding hydrogens is 455 g/mol. The van der Waals surface area contributed by atoms with Crippen molar-refractivity contribution in [2.24, 2.45) is 5.92 Å². The molecule has 1 saturated carbocycles. The van der Waals surface area contributed by atoms with Crippen molar-refractivity contribution in [2.45, 2.75) is 102 Å². The molecular formula is C26H39F5O3. The molecule has 0 amide bonds. The minimum atomic E-state index is -2.11. The molecule has 0 radical (unpaired) electrons. The lowest BCUT2D eigenvalue weighted by molar-refractivity contribution is -0.366. The van der Waals surface area contributed by atoms with Gasteiger partial charge in [0.05, 0.1) is 6.61 Å². The standard InChI is InChI=1S/C26H39F5O3/c1-4-5-6-7-8-9-10-15-26(32-2,33-3)34-16-14-18-12-11-13-19(17-18)20-21(27)23(29)25(31)24(30)22(20)28/h18-19H,4-17H2,1-3H3. The maximum absolute atomic E-state index is 14.3. The number of unbranched alkanes of at least 4 members (excludes halogenated alkanes) is 6. The second-order valence-electron chi connectivity index (χ2n) is 9.31. The summed E-state index contributed by atoms with van der Waals surface area (Å²) in [6.45, 7) is 2.50. The van der Waals surface area contributed by atoms with E-state index in [0.717, 1.165) is 25.7 Å². The Morgan fingerprint density at radius 1 is 0.765 bits per heavy atom. The Morgan fingerprint density at radius 2 is 1.32 bits per heavy atom. The van der Waals surface area contributed by atoms with Crippen LogP contribution in [-0.2, 0) is 14.2 Å². The largest absolute Gasteiger partial charge is 0.331 e. The Balaban J connectivity index is 1.88. The van der Waals surface area contributed by atoms with Crippen LogP contribution in [0.4, 0.5) is 22.0 Å². The van der Waals surface area contributed by atoms with Crippen molar-refractivity contribution in [1.29, 1.82) is 0 Å². The van der Waals surface area contributed by atoms with Crippen LogP contribution >= 0.6 is 0 Å². The van der Waals surface area contributed by atoms with Gasteiger partial charge in [-0.25, -0.2) is 22.0 Å². The highest BCUT2D eigenvalue weighted by molar-refractivity contribution is 5.28. The van der Waals surface area contributed by atoms with Gasteiger partial charge in [-0.15, -0.1) is 0 Å². The zero-order chi connectivity index (χ0) is 25.1. The second-order valence-corrected chi connectivity index (χ2v) is 9.31. The molecule has 0 N–H and O–H groups in total. The fourth-order valence-corrected chi connectivity index (χ4v) is 4.95. The maximum atomic E-state index is 14.3. The molecule has 0 spiro atoms. The lowest BCUT2D eigenvalue weighted by Crippen LogP contribution is -2.37. The van der Waals surface area contributed by atoms with E-state index < -0.39 is 46.5 Å². The summed E-state index contributed by atoms with van der Waals surface area (Å²) in [6.07, 6.45) is 11.4. The lowest BCUT2D eigenvalue weighted by Gasteiger charge is -2.33. The fourth-order valence-electron chi connectivity index (χ4n) is 4.95. The van der Waals surface area contributed by atoms with Crippen LogP contribution in [0.25, 0.3) is 0 Å². The van der Waals surface area contributed by atoms with Crippen molar-refractivity contribution in [1.82, 2.24) is 0 Å². The summed E-state index contributed by atoms with van der Waals surface area (Å²) >= 11 is 0. The van der Waals surface area contributed by atoms with E-state index in [0.29, 0.717) is 38.7 Å². The zero-order valence-corrected chi connectivity index (χ0v) is 20.7. The van der Waals surface area contributed by atoms with E-state index in [2.05, 4.69) is 6.92 Å². The van der Waals surface area contributed by atoms with Gasteiger partial charge in [0.2, 0.25) is 5.82 Å². The first-order chi connectivity index (χ1) is 16.3. The average Bonchev–Trinajstić information content (AvgIpc) is 2.85. The molecule has 0 saturated heterocycles. The molecule has 1 aromatic carbocycles. The smallest absolute Gasteiger partial charge is 0.282 e. The molecule has 8 heteroatoms. The molecule has 1 aliphatic carbocycles. The van der Waals surface area contributed by atoms with Crippen LogP contribution in [-0.4, -0.2) is 26.8 Å². The minimum absolute atomic E-state index is 0.0405. The van der Waals surface area contributed by atoms with Crippen molar-refractivity contribution in [3.05, 3.63) is 34.6 Å². The number of hydrogen-bond donors (Lipinski definition) is 0. The van der Waals surface area contributed by atoms with Crippen LogP contribution in [0.5, 0.6) is 0 Å². The number of benzene rings is 1. The molecule has 3 nitrogen and oxygen atoms in total. The molecule has 1 aromatic rings. The Labute approximate surface area is 200 Å². The van der Waals surface area contributed by atoms with E-state index in [1.165, 1.54) is 39.9 Å². The van der Waals surface area contributed by atoms with Gasteiger partial charge in [-0.05, 0) is 37.5 Å². The van der Waals surface area contributed by atoms with Crippen LogP contribution in [0.15, 0.2) is 0 Å². The first kappa shape index (κ1) is 29.0. The molecule has 2 rings (SSSR count). The highest BCUT2D eigenvalue weighted by Gasteiger charge is 2.34. The molecule has 34 heavy (non-hydrogen) atoms. The third kappa shape index (κ3) is 7.62. The Bertz CT molecular complexity index is 725. The number of halogens is 5. The van der Waals surface area contributed by atoms with Gasteiger partial charge in [0, 0.05) is 26.2 Å². The predicted octanol–water partition coefficient (Wildman–Crippen LogP) is 8.15. The van der Waals surface area contributed by atoms with Crippen molar-refractivity contribution in [3.8, 4) is 0 Å². The van der Waals surface area contributed by atoms with Crippen LogP contribution in [0.3, 0.4) is 0 Å². The minimum Gasteiger partial charge on any atom is -0.331 e. The summed E-state index contributed by atoms with van der Waals surface area (Å²) < 4.78 is 86.3. The third-order valence-electron chi connectivity index (χ3n) is 6.99. The SMILES string of the molecule is CCCCCCCCCC(OC)(OC)OCCC1CCCC(c2c(F)c(F)c(F)c(F)c2F)C1. The molecule has 196 valence electrons. The molecule has 2 atom stereocenters. The fraction of sp³-hybridized carbons (Fsp3) is 0.769. The number of hydrogen-bond acceptors (Lipinski definition) is 3. The van der Waals surface area contributed by atoms with Crippen molar-refractivity contribution in [2.75, 3.05) is 20.8 Å². The van der Waals surface area contributed by atoms with Gasteiger partial charge in [0.15, 0.2) is 23.3 Å². The number of methoxy groups -OCH3 is 2. The van der Waals surface area contributed by atoms with E-state index in [1.807, 2.05) is 0 Å². The van der Waals surface area contributed by atoms with Crippen LogP contribution in [0, 0.1) is 35.0 Å². The Hall–Kier alpha value is -1.25. The monoisotopic (exact) mass is 494 g/mol. The first-order valence-corrected chi connectivity index (χ1v) is 12.6. The van der Waals surface area contributed by atoms with Gasteiger partial charge < -0.3 is 14.2 Å². The van der Waals surface area contributed by atoms with Crippen LogP contribution < -0.4 is 0 Å². The van der Waals surface area contributed by atoms with Crippen molar-refractivity contribution < 1.29 is 36.2 Å². The van der Waals surface area contributed by atoms with Gasteiger partial charge in [-0.1, -0.05) is 58.3 Å². The maximum Gasteiger partial charge on any atom is 0.282 e. The van der Waals surface area contributed by atoms with Gasteiger partial charge in [-0.2, -0.15) is 0 Å². The van der Waals surface area contributed by atoms with E-state index in [4.69, 9.17) is 14.2 Å². The normalized spacial score (nSPS) is 19.1. The van der Waals surface area contributed by atoms with E-state index in [1.54, 1.807) is 0 Å². The lowest BCUT2D eigenvalue weighted by atomic mass is 9.76. The molecule has 1 aliphatic rings. The predicted molar refractivity (Wildman–Crippen MR) is 121 cm³/mol. The Morgan fingerprint density at radius 3 is 1.91 bits per heavy atom. The molecule has 0 aliphatic heterocycles. The average molecular weight is 495 g/mol. The summed E-state index contributed by atoms with van der Waals surface area (Å²) in [4.78, 5) is 0. The van der Waals surface area contributed by atoms with Gasteiger partial charge >= 0.3 is 0 Å². The van der Waals surface area contributed by atoms with Crippen molar-refractivity contribution >= 4 is 0 Å². The highest BCUT2D eigenvalue weighted by Crippen LogP contribution is 2.41. The second kappa shape index (κ2) is 14.3. The third-order valence-corrected chi connectivity index (χ3v) is 6.99. The molecule has 0 heterocycles. The topological polar surface area (TPSA) is 27.7 Å². The molecule has 0 aromatic heterocycles. The summed E-state index contributed by atoms with van der Waals surface area (Å²) in [5.41, 5.74) is -0.691. The molecule has 1 fully saturated rings. The summed E-state index contributed by atoms with van der Waals surface area (Å²) in [7, 11) is 3.06. The van der Waals surface area contributed by atoms with Crippen LogP contribution in [0.2, 0.25) is 0 Å². The summed E-state index contributed by atoms with van der Waals surface area (Å²) in [6, 6.07) is 0. The van der Waals surface area contributed by atoms with Gasteiger partial charge in [0.25, 0.3) is 5.97 Å². The highest BCUT2D eigenvalue weighted by atomic mass is 19.2. The van der Waals surface area contributed by atoms with E-state index >= 15 is 0 Å². The van der Waals surface area contributed by atoms with E-state index in [-0.39, 0.29) is 5.92 Å². The quantitative estimate of drug-likeness (QED) is 0.0810. The van der Waals surface area contributed by atoms with Crippen LogP contribution in [0.1, 0.15) is 102 Å². The molecule has 2 unspecified atom stereocenters. The molecule has 0 bridgehead atoms. The van der Waals surface area contributed by atoms with Gasteiger partial charge in [-0.3, -0.25) is 0 Å². The number of ether oxygens (including phenoxy) is 3. The van der Waals surface area contributed by atoms with Crippen molar-refractivity contribution in [3.63, 3.8) is 0 Å². The summed E-state index contributed by atoms with van der Waals surface area (Å²) in [5, 5.41) is 0. The first-order valence-electron chi connectivity index (χ1n) is 12.6.